The van der Waals surface area contributed by atoms with E-state index in [0.29, 0.717) is 41.4 Å². The third-order valence-electron chi connectivity index (χ3n) is 6.32. The first kappa shape index (κ1) is 22.5. The number of pyridine rings is 1. The Kier molecular flexibility index (Phi) is 5.96. The van der Waals surface area contributed by atoms with Crippen LogP contribution in [0.1, 0.15) is 0 Å². The van der Waals surface area contributed by atoms with Crippen LogP contribution in [0.15, 0.2) is 83.9 Å². The van der Waals surface area contributed by atoms with Crippen molar-refractivity contribution in [1.29, 1.82) is 0 Å². The SMILES string of the molecule is COc1ccccc1-n1c(-c2cc(-c3ccncc3)c(N3CCOCC3)s2)nc2ccccc2c1=O. The van der Waals surface area contributed by atoms with E-state index in [-0.39, 0.29) is 5.56 Å². The molecule has 0 N–H and O–H groups in total. The van der Waals surface area contributed by atoms with Gasteiger partial charge in [0.05, 0.1) is 46.8 Å². The summed E-state index contributed by atoms with van der Waals surface area (Å²) in [6, 6.07) is 21.2. The van der Waals surface area contributed by atoms with Gasteiger partial charge in [-0.2, -0.15) is 0 Å². The van der Waals surface area contributed by atoms with Gasteiger partial charge in [0.1, 0.15) is 5.75 Å². The molecule has 2 aromatic carbocycles. The van der Waals surface area contributed by atoms with Crippen molar-refractivity contribution in [3.63, 3.8) is 0 Å². The van der Waals surface area contributed by atoms with Crippen molar-refractivity contribution in [3.8, 4) is 33.3 Å². The third-order valence-corrected chi connectivity index (χ3v) is 7.52. The molecule has 0 unspecified atom stereocenters. The molecule has 0 aliphatic carbocycles. The van der Waals surface area contributed by atoms with Crippen LogP contribution in [-0.4, -0.2) is 47.9 Å². The number of ether oxygens (including phenoxy) is 2. The highest BCUT2D eigenvalue weighted by atomic mass is 32.1. The van der Waals surface area contributed by atoms with Crippen LogP contribution >= 0.6 is 11.3 Å². The summed E-state index contributed by atoms with van der Waals surface area (Å²) in [5, 5.41) is 1.69. The molecule has 0 bridgehead atoms. The summed E-state index contributed by atoms with van der Waals surface area (Å²) in [5.74, 6) is 1.19. The summed E-state index contributed by atoms with van der Waals surface area (Å²) in [6.45, 7) is 2.98. The van der Waals surface area contributed by atoms with Gasteiger partial charge in [0.15, 0.2) is 5.82 Å². The minimum Gasteiger partial charge on any atom is -0.495 e. The molecule has 5 aromatic rings. The van der Waals surface area contributed by atoms with Gasteiger partial charge in [0.2, 0.25) is 0 Å². The van der Waals surface area contributed by atoms with Gasteiger partial charge in [-0.25, -0.2) is 4.98 Å². The van der Waals surface area contributed by atoms with E-state index in [4.69, 9.17) is 14.5 Å². The van der Waals surface area contributed by atoms with Crippen LogP contribution in [0, 0.1) is 0 Å². The molecule has 8 heteroatoms. The second-order valence-corrected chi connectivity index (χ2v) is 9.46. The van der Waals surface area contributed by atoms with Crippen LogP contribution in [0.5, 0.6) is 5.75 Å². The Morgan fingerprint density at radius 1 is 0.972 bits per heavy atom. The number of anilines is 1. The number of fused-ring (bicyclic) bond motifs is 1. The van der Waals surface area contributed by atoms with E-state index < -0.39 is 0 Å². The molecule has 0 spiro atoms. The Balaban J connectivity index is 1.64. The van der Waals surface area contributed by atoms with Crippen LogP contribution in [0.25, 0.3) is 38.4 Å². The van der Waals surface area contributed by atoms with Crippen molar-refractivity contribution in [2.75, 3.05) is 38.3 Å². The van der Waals surface area contributed by atoms with Crippen molar-refractivity contribution >= 4 is 27.2 Å². The molecular formula is C28H24N4O3S. The van der Waals surface area contributed by atoms with Gasteiger partial charge in [0.25, 0.3) is 5.56 Å². The van der Waals surface area contributed by atoms with Gasteiger partial charge in [-0.05, 0) is 48.0 Å². The molecule has 1 aliphatic heterocycles. The molecule has 0 radical (unpaired) electrons. The second-order valence-electron chi connectivity index (χ2n) is 8.43. The number of methoxy groups -OCH3 is 1. The van der Waals surface area contributed by atoms with Crippen LogP contribution in [0.3, 0.4) is 0 Å². The highest BCUT2D eigenvalue weighted by Gasteiger charge is 2.24. The number of hydrogen-bond donors (Lipinski definition) is 0. The lowest BCUT2D eigenvalue weighted by Crippen LogP contribution is -2.35. The van der Waals surface area contributed by atoms with Gasteiger partial charge in [0, 0.05) is 31.0 Å². The Morgan fingerprint density at radius 3 is 2.53 bits per heavy atom. The molecule has 1 aliphatic rings. The van der Waals surface area contributed by atoms with Crippen LogP contribution in [0.2, 0.25) is 0 Å². The van der Waals surface area contributed by atoms with Crippen molar-refractivity contribution in [1.82, 2.24) is 14.5 Å². The normalized spacial score (nSPS) is 13.8. The van der Waals surface area contributed by atoms with E-state index in [1.807, 2.05) is 60.7 Å². The fourth-order valence-corrected chi connectivity index (χ4v) is 5.78. The lowest BCUT2D eigenvalue weighted by Gasteiger charge is -2.28. The van der Waals surface area contributed by atoms with E-state index in [0.717, 1.165) is 34.1 Å². The molecule has 6 rings (SSSR count). The molecule has 180 valence electrons. The molecule has 1 fully saturated rings. The number of morpholine rings is 1. The topological polar surface area (TPSA) is 69.5 Å². The summed E-state index contributed by atoms with van der Waals surface area (Å²) in [6.07, 6.45) is 3.60. The van der Waals surface area contributed by atoms with Gasteiger partial charge in [-0.15, -0.1) is 11.3 Å². The van der Waals surface area contributed by atoms with E-state index >= 15 is 0 Å². The molecule has 3 aromatic heterocycles. The first-order chi connectivity index (χ1) is 17.7. The molecule has 0 atom stereocenters. The number of rotatable bonds is 5. The van der Waals surface area contributed by atoms with Crippen LogP contribution in [-0.2, 0) is 4.74 Å². The maximum absolute atomic E-state index is 13.9. The number of thiophene rings is 1. The summed E-state index contributed by atoms with van der Waals surface area (Å²) in [5.41, 5.74) is 3.35. The zero-order valence-electron chi connectivity index (χ0n) is 19.8. The van der Waals surface area contributed by atoms with Gasteiger partial charge in [-0.1, -0.05) is 24.3 Å². The number of nitrogens with zero attached hydrogens (tertiary/aromatic N) is 4. The fraction of sp³-hybridized carbons (Fsp3) is 0.179. The highest BCUT2D eigenvalue weighted by molar-refractivity contribution is 7.20. The third kappa shape index (κ3) is 3.94. The van der Waals surface area contributed by atoms with Gasteiger partial charge < -0.3 is 14.4 Å². The molecule has 0 amide bonds. The van der Waals surface area contributed by atoms with E-state index in [1.54, 1.807) is 35.4 Å². The monoisotopic (exact) mass is 496 g/mol. The quantitative estimate of drug-likeness (QED) is 0.340. The van der Waals surface area contributed by atoms with Gasteiger partial charge in [-0.3, -0.25) is 14.3 Å². The van der Waals surface area contributed by atoms with E-state index in [1.165, 1.54) is 0 Å². The number of aromatic nitrogens is 3. The van der Waals surface area contributed by atoms with Crippen molar-refractivity contribution < 1.29 is 9.47 Å². The molecular weight excluding hydrogens is 472 g/mol. The van der Waals surface area contributed by atoms with Crippen molar-refractivity contribution in [2.24, 2.45) is 0 Å². The average Bonchev–Trinajstić information content (AvgIpc) is 3.40. The van der Waals surface area contributed by atoms with Crippen molar-refractivity contribution in [3.05, 3.63) is 89.5 Å². The minimum absolute atomic E-state index is 0.133. The first-order valence-electron chi connectivity index (χ1n) is 11.8. The Labute approximate surface area is 212 Å². The predicted octanol–water partition coefficient (Wildman–Crippen LogP) is 5.02. The predicted molar refractivity (Wildman–Crippen MR) is 143 cm³/mol. The smallest absolute Gasteiger partial charge is 0.266 e. The van der Waals surface area contributed by atoms with Crippen molar-refractivity contribution in [2.45, 2.75) is 0 Å². The molecule has 4 heterocycles. The largest absolute Gasteiger partial charge is 0.495 e. The lowest BCUT2D eigenvalue weighted by atomic mass is 10.1. The van der Waals surface area contributed by atoms with Crippen LogP contribution < -0.4 is 15.2 Å². The Morgan fingerprint density at radius 2 is 1.72 bits per heavy atom. The number of para-hydroxylation sites is 3. The highest BCUT2D eigenvalue weighted by Crippen LogP contribution is 2.43. The Bertz CT molecular complexity index is 1590. The number of hydrogen-bond acceptors (Lipinski definition) is 7. The molecule has 7 nitrogen and oxygen atoms in total. The maximum Gasteiger partial charge on any atom is 0.266 e. The first-order valence-corrected chi connectivity index (χ1v) is 12.6. The molecule has 36 heavy (non-hydrogen) atoms. The average molecular weight is 497 g/mol. The summed E-state index contributed by atoms with van der Waals surface area (Å²) < 4.78 is 12.9. The summed E-state index contributed by atoms with van der Waals surface area (Å²) in [4.78, 5) is 26.3. The lowest BCUT2D eigenvalue weighted by molar-refractivity contribution is 0.123. The minimum atomic E-state index is -0.133. The second kappa shape index (κ2) is 9.56. The van der Waals surface area contributed by atoms with E-state index in [9.17, 15) is 4.79 Å². The molecule has 0 saturated carbocycles. The summed E-state index contributed by atoms with van der Waals surface area (Å²) in [7, 11) is 1.61. The fourth-order valence-electron chi connectivity index (χ4n) is 4.57. The maximum atomic E-state index is 13.9. The standard InChI is InChI=1S/C28H24N4O3S/c1-34-24-9-5-4-8-23(24)32-26(30-22-7-3-2-6-20(22)27(32)33)25-18-21(19-10-12-29-13-11-19)28(36-25)31-14-16-35-17-15-31/h2-13,18H,14-17H2,1H3. The molecule has 1 saturated heterocycles. The summed E-state index contributed by atoms with van der Waals surface area (Å²) >= 11 is 1.64. The number of benzene rings is 2. The van der Waals surface area contributed by atoms with Crippen LogP contribution in [0.4, 0.5) is 5.00 Å². The Hall–Kier alpha value is -4.01. The van der Waals surface area contributed by atoms with E-state index in [2.05, 4.69) is 16.0 Å². The zero-order chi connectivity index (χ0) is 24.5. The zero-order valence-corrected chi connectivity index (χ0v) is 20.6. The van der Waals surface area contributed by atoms with Gasteiger partial charge >= 0.3 is 0 Å².